The van der Waals surface area contributed by atoms with E-state index in [0.717, 1.165) is 25.0 Å². The zero-order valence-electron chi connectivity index (χ0n) is 16.3. The van der Waals surface area contributed by atoms with Gasteiger partial charge in [0.2, 0.25) is 0 Å². The van der Waals surface area contributed by atoms with Gasteiger partial charge in [0.15, 0.2) is 5.75 Å². The van der Waals surface area contributed by atoms with E-state index in [4.69, 9.17) is 56.5 Å². The fourth-order valence-electron chi connectivity index (χ4n) is 3.37. The highest BCUT2D eigenvalue weighted by Crippen LogP contribution is 2.38. The molecule has 2 aromatic rings. The second-order valence-electron chi connectivity index (χ2n) is 7.12. The van der Waals surface area contributed by atoms with Crippen LogP contribution in [0.5, 0.6) is 5.75 Å². The molecule has 0 saturated carbocycles. The molecule has 0 unspecified atom stereocenters. The SMILES string of the molecule is O=C1/C(=C/c2cc(Cl)c(OCc3ccccc3Cl)c(Cl)c2)SC(=S)N1C[C@H]1CCCO1. The van der Waals surface area contributed by atoms with Crippen molar-refractivity contribution in [2.45, 2.75) is 25.6 Å². The summed E-state index contributed by atoms with van der Waals surface area (Å²) in [5.74, 6) is 0.239. The summed E-state index contributed by atoms with van der Waals surface area (Å²) in [5, 5.41) is 1.30. The van der Waals surface area contributed by atoms with Crippen molar-refractivity contribution in [2.75, 3.05) is 13.2 Å². The van der Waals surface area contributed by atoms with Gasteiger partial charge in [0.25, 0.3) is 5.91 Å². The van der Waals surface area contributed by atoms with Crippen LogP contribution in [0.25, 0.3) is 6.08 Å². The Morgan fingerprint density at radius 2 is 1.94 bits per heavy atom. The van der Waals surface area contributed by atoms with Crippen LogP contribution >= 0.6 is 58.8 Å². The molecule has 1 amide bonds. The standard InChI is InChI=1S/C22H18Cl3NO3S2/c23-16-6-2-1-4-14(16)12-29-20-17(24)8-13(9-18(20)25)10-19-21(27)26(22(30)31-19)11-15-5-3-7-28-15/h1-2,4,6,8-10,15H,3,5,7,11-12H2/b19-10-/t15-/m1/s1. The van der Waals surface area contributed by atoms with Crippen LogP contribution in [0.3, 0.4) is 0 Å². The molecule has 0 spiro atoms. The van der Waals surface area contributed by atoms with Crippen molar-refractivity contribution in [1.82, 2.24) is 4.90 Å². The van der Waals surface area contributed by atoms with Gasteiger partial charge in [-0.3, -0.25) is 9.69 Å². The minimum Gasteiger partial charge on any atom is -0.486 e. The first kappa shape index (κ1) is 22.9. The number of thioether (sulfide) groups is 1. The molecule has 2 aliphatic rings. The number of halogens is 3. The van der Waals surface area contributed by atoms with Gasteiger partial charge in [0.1, 0.15) is 10.9 Å². The van der Waals surface area contributed by atoms with Crippen molar-refractivity contribution in [3.63, 3.8) is 0 Å². The number of rotatable bonds is 6. The third kappa shape index (κ3) is 5.38. The third-order valence-electron chi connectivity index (χ3n) is 4.93. The highest BCUT2D eigenvalue weighted by atomic mass is 35.5. The quantitative estimate of drug-likeness (QED) is 0.320. The molecule has 31 heavy (non-hydrogen) atoms. The molecular formula is C22H18Cl3NO3S2. The van der Waals surface area contributed by atoms with E-state index in [1.165, 1.54) is 11.8 Å². The largest absolute Gasteiger partial charge is 0.486 e. The molecule has 4 rings (SSSR count). The Kier molecular flexibility index (Phi) is 7.47. The highest BCUT2D eigenvalue weighted by molar-refractivity contribution is 8.26. The first-order valence-corrected chi connectivity index (χ1v) is 12.0. The predicted molar refractivity (Wildman–Crippen MR) is 131 cm³/mol. The molecule has 9 heteroatoms. The van der Waals surface area contributed by atoms with Crippen molar-refractivity contribution in [3.05, 3.63) is 67.5 Å². The summed E-state index contributed by atoms with van der Waals surface area (Å²) >= 11 is 25.7. The van der Waals surface area contributed by atoms with E-state index in [0.29, 0.717) is 42.2 Å². The van der Waals surface area contributed by atoms with Crippen molar-refractivity contribution in [1.29, 1.82) is 0 Å². The van der Waals surface area contributed by atoms with Gasteiger partial charge in [0.05, 0.1) is 27.6 Å². The van der Waals surface area contributed by atoms with E-state index in [1.807, 2.05) is 18.2 Å². The molecule has 2 saturated heterocycles. The van der Waals surface area contributed by atoms with Crippen molar-refractivity contribution in [2.24, 2.45) is 0 Å². The van der Waals surface area contributed by atoms with Gasteiger partial charge < -0.3 is 9.47 Å². The lowest BCUT2D eigenvalue weighted by molar-refractivity contribution is -0.123. The Morgan fingerprint density at radius 1 is 1.19 bits per heavy atom. The number of nitrogens with zero attached hydrogens (tertiary/aromatic N) is 1. The molecule has 2 heterocycles. The van der Waals surface area contributed by atoms with Crippen LogP contribution in [-0.4, -0.2) is 34.4 Å². The minimum absolute atomic E-state index is 0.0419. The number of hydrogen-bond acceptors (Lipinski definition) is 5. The maximum Gasteiger partial charge on any atom is 0.266 e. The smallest absolute Gasteiger partial charge is 0.266 e. The molecule has 2 fully saturated rings. The van der Waals surface area contributed by atoms with E-state index < -0.39 is 0 Å². The molecule has 0 aliphatic carbocycles. The van der Waals surface area contributed by atoms with Crippen LogP contribution in [0.15, 0.2) is 41.3 Å². The Hall–Kier alpha value is -1.28. The van der Waals surface area contributed by atoms with Crippen LogP contribution < -0.4 is 4.74 Å². The Balaban J connectivity index is 1.48. The average Bonchev–Trinajstić information content (AvgIpc) is 3.33. The van der Waals surface area contributed by atoms with Gasteiger partial charge in [-0.2, -0.15) is 0 Å². The number of carbonyl (C=O) groups is 1. The summed E-state index contributed by atoms with van der Waals surface area (Å²) in [4.78, 5) is 15.0. The van der Waals surface area contributed by atoms with Gasteiger partial charge in [0, 0.05) is 17.2 Å². The van der Waals surface area contributed by atoms with Crippen molar-refractivity contribution < 1.29 is 14.3 Å². The zero-order valence-corrected chi connectivity index (χ0v) is 20.2. The average molecular weight is 515 g/mol. The molecule has 162 valence electrons. The van der Waals surface area contributed by atoms with Crippen molar-refractivity contribution >= 4 is 75.1 Å². The first-order chi connectivity index (χ1) is 14.9. The highest BCUT2D eigenvalue weighted by Gasteiger charge is 2.34. The van der Waals surface area contributed by atoms with Gasteiger partial charge >= 0.3 is 0 Å². The summed E-state index contributed by atoms with van der Waals surface area (Å²) < 4.78 is 12.0. The van der Waals surface area contributed by atoms with Crippen LogP contribution in [0.1, 0.15) is 24.0 Å². The van der Waals surface area contributed by atoms with Gasteiger partial charge in [-0.25, -0.2) is 0 Å². The predicted octanol–water partition coefficient (Wildman–Crippen LogP) is 6.61. The lowest BCUT2D eigenvalue weighted by Crippen LogP contribution is -2.35. The van der Waals surface area contributed by atoms with E-state index in [2.05, 4.69) is 0 Å². The maximum atomic E-state index is 12.8. The van der Waals surface area contributed by atoms with Crippen LogP contribution in [0, 0.1) is 0 Å². The summed E-state index contributed by atoms with van der Waals surface area (Å²) in [7, 11) is 0. The molecular weight excluding hydrogens is 497 g/mol. The summed E-state index contributed by atoms with van der Waals surface area (Å²) in [5.41, 5.74) is 1.52. The number of carbonyl (C=O) groups excluding carboxylic acids is 1. The van der Waals surface area contributed by atoms with E-state index in [-0.39, 0.29) is 18.6 Å². The molecule has 0 bridgehead atoms. The fourth-order valence-corrected chi connectivity index (χ4v) is 5.45. The lowest BCUT2D eigenvalue weighted by atomic mass is 10.2. The van der Waals surface area contributed by atoms with Crippen LogP contribution in [0.2, 0.25) is 15.1 Å². The molecule has 0 N–H and O–H groups in total. The number of ether oxygens (including phenoxy) is 2. The number of amides is 1. The van der Waals surface area contributed by atoms with Crippen LogP contribution in [0.4, 0.5) is 0 Å². The first-order valence-electron chi connectivity index (χ1n) is 9.64. The maximum absolute atomic E-state index is 12.8. The second kappa shape index (κ2) is 10.1. The topological polar surface area (TPSA) is 38.8 Å². The molecule has 2 aromatic carbocycles. The lowest BCUT2D eigenvalue weighted by Gasteiger charge is -2.18. The molecule has 0 radical (unpaired) electrons. The summed E-state index contributed by atoms with van der Waals surface area (Å²) in [6.45, 7) is 1.45. The third-order valence-corrected chi connectivity index (χ3v) is 7.24. The zero-order chi connectivity index (χ0) is 22.0. The van der Waals surface area contributed by atoms with Gasteiger partial charge in [-0.1, -0.05) is 77.0 Å². The second-order valence-corrected chi connectivity index (χ2v) is 10.0. The minimum atomic E-state index is -0.128. The van der Waals surface area contributed by atoms with E-state index in [9.17, 15) is 4.79 Å². The fraction of sp³-hybridized carbons (Fsp3) is 0.273. The molecule has 1 atom stereocenters. The number of thiocarbonyl (C=S) groups is 1. The molecule has 0 aromatic heterocycles. The summed E-state index contributed by atoms with van der Waals surface area (Å²) in [6, 6.07) is 10.8. The molecule has 2 aliphatic heterocycles. The Labute approximate surface area is 205 Å². The van der Waals surface area contributed by atoms with E-state index in [1.54, 1.807) is 29.2 Å². The number of benzene rings is 2. The van der Waals surface area contributed by atoms with Crippen LogP contribution in [-0.2, 0) is 16.1 Å². The summed E-state index contributed by atoms with van der Waals surface area (Å²) in [6.07, 6.45) is 3.73. The van der Waals surface area contributed by atoms with E-state index >= 15 is 0 Å². The van der Waals surface area contributed by atoms with Crippen molar-refractivity contribution in [3.8, 4) is 5.75 Å². The number of hydrogen-bond donors (Lipinski definition) is 0. The van der Waals surface area contributed by atoms with Gasteiger partial charge in [-0.05, 0) is 42.7 Å². The monoisotopic (exact) mass is 513 g/mol. The van der Waals surface area contributed by atoms with Gasteiger partial charge in [-0.15, -0.1) is 0 Å². The normalized spacial score (nSPS) is 20.2. The Bertz CT molecular complexity index is 1030. The Morgan fingerprint density at radius 3 is 2.61 bits per heavy atom. The molecule has 4 nitrogen and oxygen atoms in total.